The van der Waals surface area contributed by atoms with Gasteiger partial charge in [0.2, 0.25) is 0 Å². The van der Waals surface area contributed by atoms with Gasteiger partial charge in [0.15, 0.2) is 0 Å². The van der Waals surface area contributed by atoms with Crippen LogP contribution in [0.2, 0.25) is 0 Å². The molecule has 0 bridgehead atoms. The first-order valence-corrected chi connectivity index (χ1v) is 7.29. The summed E-state index contributed by atoms with van der Waals surface area (Å²) in [6.45, 7) is 0. The molecule has 2 aromatic carbocycles. The van der Waals surface area contributed by atoms with E-state index < -0.39 is 0 Å². The highest BCUT2D eigenvalue weighted by Gasteiger charge is 2.26. The van der Waals surface area contributed by atoms with E-state index in [4.69, 9.17) is 4.74 Å². The molecule has 0 N–H and O–H groups in total. The largest absolute Gasteiger partial charge is 0.497 e. The third kappa shape index (κ3) is 2.36. The lowest BCUT2D eigenvalue weighted by Crippen LogP contribution is -2.07. The van der Waals surface area contributed by atoms with Gasteiger partial charge in [-0.3, -0.25) is 0 Å². The fraction of sp³-hybridized carbons (Fsp3) is 0.389. The highest BCUT2D eigenvalue weighted by Crippen LogP contribution is 2.37. The van der Waals surface area contributed by atoms with Crippen molar-refractivity contribution in [2.24, 2.45) is 5.92 Å². The van der Waals surface area contributed by atoms with Crippen molar-refractivity contribution in [3.63, 3.8) is 0 Å². The second-order valence-corrected chi connectivity index (χ2v) is 5.62. The molecular formula is C18H19NO. The number of methoxy groups -OCH3 is 1. The first kappa shape index (κ1) is 13.0. The molecule has 0 spiro atoms. The quantitative estimate of drug-likeness (QED) is 0.809. The molecule has 3 rings (SSSR count). The number of fused-ring (bicyclic) bond motifs is 1. The number of benzene rings is 2. The summed E-state index contributed by atoms with van der Waals surface area (Å²) in [4.78, 5) is 0. The molecule has 0 aromatic heterocycles. The minimum absolute atomic E-state index is 0.0454. The molecule has 2 heteroatoms. The second-order valence-electron chi connectivity index (χ2n) is 5.62. The molecule has 0 amide bonds. The third-order valence-electron chi connectivity index (χ3n) is 4.44. The highest BCUT2D eigenvalue weighted by molar-refractivity contribution is 5.84. The van der Waals surface area contributed by atoms with E-state index in [9.17, 15) is 5.26 Å². The van der Waals surface area contributed by atoms with Crippen LogP contribution in [0.5, 0.6) is 5.75 Å². The third-order valence-corrected chi connectivity index (χ3v) is 4.44. The first-order chi connectivity index (χ1) is 9.81. The van der Waals surface area contributed by atoms with E-state index in [-0.39, 0.29) is 5.92 Å². The maximum absolute atomic E-state index is 9.52. The zero-order valence-electron chi connectivity index (χ0n) is 11.8. The molecule has 1 saturated carbocycles. The Morgan fingerprint density at radius 2 is 1.80 bits per heavy atom. The zero-order valence-corrected chi connectivity index (χ0v) is 11.8. The molecule has 20 heavy (non-hydrogen) atoms. The summed E-state index contributed by atoms with van der Waals surface area (Å²) in [7, 11) is 1.68. The van der Waals surface area contributed by atoms with Gasteiger partial charge >= 0.3 is 0 Å². The molecule has 0 heterocycles. The molecule has 1 aliphatic rings. The van der Waals surface area contributed by atoms with Gasteiger partial charge in [0.25, 0.3) is 0 Å². The number of hydrogen-bond donors (Lipinski definition) is 0. The number of nitriles is 1. The minimum Gasteiger partial charge on any atom is -0.497 e. The van der Waals surface area contributed by atoms with Crippen LogP contribution in [-0.2, 0) is 0 Å². The van der Waals surface area contributed by atoms with Gasteiger partial charge in [-0.1, -0.05) is 31.0 Å². The van der Waals surface area contributed by atoms with Crippen molar-refractivity contribution >= 4 is 10.8 Å². The van der Waals surface area contributed by atoms with Crippen LogP contribution in [0.25, 0.3) is 10.8 Å². The van der Waals surface area contributed by atoms with Gasteiger partial charge in [-0.05, 0) is 53.3 Å². The van der Waals surface area contributed by atoms with E-state index >= 15 is 0 Å². The predicted molar refractivity (Wildman–Crippen MR) is 80.8 cm³/mol. The monoisotopic (exact) mass is 265 g/mol. The average Bonchev–Trinajstić information content (AvgIpc) is 3.01. The Morgan fingerprint density at radius 1 is 1.10 bits per heavy atom. The molecule has 0 aliphatic heterocycles. The first-order valence-electron chi connectivity index (χ1n) is 7.29. The molecular weight excluding hydrogens is 246 g/mol. The van der Waals surface area contributed by atoms with Gasteiger partial charge in [-0.15, -0.1) is 0 Å². The van der Waals surface area contributed by atoms with E-state index in [2.05, 4.69) is 30.3 Å². The van der Waals surface area contributed by atoms with Crippen LogP contribution in [0, 0.1) is 17.2 Å². The second kappa shape index (κ2) is 5.54. The number of ether oxygens (including phenoxy) is 1. The highest BCUT2D eigenvalue weighted by atomic mass is 16.5. The summed E-state index contributed by atoms with van der Waals surface area (Å²) in [5.74, 6) is 1.46. The van der Waals surface area contributed by atoms with Gasteiger partial charge in [-0.25, -0.2) is 0 Å². The summed E-state index contributed by atoms with van der Waals surface area (Å²) >= 11 is 0. The van der Waals surface area contributed by atoms with Gasteiger partial charge in [-0.2, -0.15) is 5.26 Å². The molecule has 0 unspecified atom stereocenters. The molecule has 1 aliphatic carbocycles. The van der Waals surface area contributed by atoms with Crippen molar-refractivity contribution < 1.29 is 4.74 Å². The van der Waals surface area contributed by atoms with E-state index in [0.29, 0.717) is 5.92 Å². The van der Waals surface area contributed by atoms with Crippen LogP contribution in [0.15, 0.2) is 36.4 Å². The van der Waals surface area contributed by atoms with Gasteiger partial charge in [0.05, 0.1) is 19.1 Å². The van der Waals surface area contributed by atoms with Gasteiger partial charge in [0.1, 0.15) is 5.75 Å². The Kier molecular flexibility index (Phi) is 3.60. The topological polar surface area (TPSA) is 33.0 Å². The zero-order chi connectivity index (χ0) is 13.9. The van der Waals surface area contributed by atoms with Crippen LogP contribution < -0.4 is 4.74 Å². The number of nitrogens with zero attached hydrogens (tertiary/aromatic N) is 1. The van der Waals surface area contributed by atoms with E-state index in [0.717, 1.165) is 16.7 Å². The van der Waals surface area contributed by atoms with Gasteiger partial charge in [0, 0.05) is 0 Å². The van der Waals surface area contributed by atoms with E-state index in [1.165, 1.54) is 31.1 Å². The van der Waals surface area contributed by atoms with Crippen LogP contribution in [0.3, 0.4) is 0 Å². The standard InChI is InChI=1S/C18H19NO/c1-20-17-9-8-14-10-16(7-6-15(14)11-17)18(12-19)13-4-2-3-5-13/h6-11,13,18H,2-5H2,1H3/t18-/m0/s1. The molecule has 2 nitrogen and oxygen atoms in total. The summed E-state index contributed by atoms with van der Waals surface area (Å²) in [6.07, 6.45) is 4.93. The van der Waals surface area contributed by atoms with Crippen molar-refractivity contribution in [1.29, 1.82) is 5.26 Å². The number of rotatable bonds is 3. The predicted octanol–water partition coefficient (Wildman–Crippen LogP) is 4.65. The minimum atomic E-state index is 0.0454. The maximum atomic E-state index is 9.52. The normalized spacial score (nSPS) is 17.0. The lowest BCUT2D eigenvalue weighted by Gasteiger charge is -2.17. The van der Waals surface area contributed by atoms with Crippen molar-refractivity contribution in [3.05, 3.63) is 42.0 Å². The molecule has 2 aromatic rings. The van der Waals surface area contributed by atoms with Crippen LogP contribution in [-0.4, -0.2) is 7.11 Å². The molecule has 102 valence electrons. The van der Waals surface area contributed by atoms with E-state index in [1.54, 1.807) is 7.11 Å². The molecule has 1 atom stereocenters. The Hall–Kier alpha value is -2.01. The van der Waals surface area contributed by atoms with Crippen LogP contribution >= 0.6 is 0 Å². The van der Waals surface area contributed by atoms with E-state index in [1.807, 2.05) is 12.1 Å². The Morgan fingerprint density at radius 3 is 2.50 bits per heavy atom. The molecule has 0 radical (unpaired) electrons. The lowest BCUT2D eigenvalue weighted by atomic mass is 9.85. The fourth-order valence-electron chi connectivity index (χ4n) is 3.31. The van der Waals surface area contributed by atoms with Crippen molar-refractivity contribution in [2.45, 2.75) is 31.6 Å². The average molecular weight is 265 g/mol. The SMILES string of the molecule is COc1ccc2cc([C@@H](C#N)C3CCCC3)ccc2c1. The van der Waals surface area contributed by atoms with Crippen LogP contribution in [0.1, 0.15) is 37.2 Å². The van der Waals surface area contributed by atoms with Crippen molar-refractivity contribution in [2.75, 3.05) is 7.11 Å². The maximum Gasteiger partial charge on any atom is 0.119 e. The summed E-state index contributed by atoms with van der Waals surface area (Å²) in [5.41, 5.74) is 1.16. The Balaban J connectivity index is 1.97. The fourth-order valence-corrected chi connectivity index (χ4v) is 3.31. The van der Waals surface area contributed by atoms with Crippen molar-refractivity contribution in [1.82, 2.24) is 0 Å². The summed E-state index contributed by atoms with van der Waals surface area (Å²) < 4.78 is 5.25. The Bertz CT molecular complexity index is 650. The summed E-state index contributed by atoms with van der Waals surface area (Å²) in [6, 6.07) is 15.0. The lowest BCUT2D eigenvalue weighted by molar-refractivity contribution is 0.415. The molecule has 1 fully saturated rings. The summed E-state index contributed by atoms with van der Waals surface area (Å²) in [5, 5.41) is 11.9. The van der Waals surface area contributed by atoms with Crippen LogP contribution in [0.4, 0.5) is 0 Å². The number of hydrogen-bond acceptors (Lipinski definition) is 2. The molecule has 0 saturated heterocycles. The van der Waals surface area contributed by atoms with Gasteiger partial charge < -0.3 is 4.74 Å². The van der Waals surface area contributed by atoms with Crippen molar-refractivity contribution in [3.8, 4) is 11.8 Å². The Labute approximate surface area is 120 Å². The smallest absolute Gasteiger partial charge is 0.119 e.